The Balaban J connectivity index is 1.74. The predicted molar refractivity (Wildman–Crippen MR) is 107 cm³/mol. The van der Waals surface area contributed by atoms with E-state index in [1.165, 1.54) is 5.56 Å². The van der Waals surface area contributed by atoms with Crippen LogP contribution in [0.2, 0.25) is 0 Å². The van der Waals surface area contributed by atoms with Gasteiger partial charge < -0.3 is 9.30 Å². The Bertz CT molecular complexity index is 1070. The van der Waals surface area contributed by atoms with E-state index in [0.717, 1.165) is 29.0 Å². The van der Waals surface area contributed by atoms with Crippen LogP contribution in [0.25, 0.3) is 22.4 Å². The molecule has 1 heterocycles. The van der Waals surface area contributed by atoms with Crippen LogP contribution >= 0.6 is 0 Å². The maximum absolute atomic E-state index is 11.5. The Morgan fingerprint density at radius 3 is 2.37 bits per heavy atom. The van der Waals surface area contributed by atoms with Gasteiger partial charge in [0.15, 0.2) is 0 Å². The molecule has 0 spiro atoms. The third-order valence-corrected chi connectivity index (χ3v) is 4.47. The Labute approximate surface area is 158 Å². The van der Waals surface area contributed by atoms with Crippen molar-refractivity contribution in [2.75, 3.05) is 0 Å². The number of fused-ring (bicyclic) bond motifs is 1. The molecule has 0 fully saturated rings. The van der Waals surface area contributed by atoms with Gasteiger partial charge in [-0.15, -0.1) is 0 Å². The fraction of sp³-hybridized carbons (Fsp3) is 0.130. The lowest BCUT2D eigenvalue weighted by atomic mass is 10.2. The third kappa shape index (κ3) is 3.60. The average Bonchev–Trinajstić information content (AvgIpc) is 3.08. The van der Waals surface area contributed by atoms with E-state index in [0.29, 0.717) is 12.2 Å². The number of nitrogens with zero attached hydrogens (tertiary/aromatic N) is 2. The van der Waals surface area contributed by atoms with Gasteiger partial charge in [0.05, 0.1) is 11.0 Å². The lowest BCUT2D eigenvalue weighted by Gasteiger charge is -2.10. The molecule has 0 saturated carbocycles. The molecule has 27 heavy (non-hydrogen) atoms. The van der Waals surface area contributed by atoms with Gasteiger partial charge in [0, 0.05) is 18.5 Å². The Morgan fingerprint density at radius 1 is 0.926 bits per heavy atom. The molecule has 0 aliphatic rings. The molecule has 4 aromatic rings. The highest BCUT2D eigenvalue weighted by molar-refractivity contribution is 5.81. The van der Waals surface area contributed by atoms with Crippen molar-refractivity contribution in [3.63, 3.8) is 0 Å². The molecule has 0 amide bonds. The highest BCUT2D eigenvalue weighted by Gasteiger charge is 2.13. The quantitative estimate of drug-likeness (QED) is 0.370. The molecule has 134 valence electrons. The van der Waals surface area contributed by atoms with Crippen LogP contribution in [0, 0.1) is 0 Å². The third-order valence-electron chi connectivity index (χ3n) is 4.47. The van der Waals surface area contributed by atoms with Crippen molar-refractivity contribution < 1.29 is 9.53 Å². The molecular weight excluding hydrogens is 336 g/mol. The van der Waals surface area contributed by atoms with Crippen molar-refractivity contribution >= 4 is 17.0 Å². The lowest BCUT2D eigenvalue weighted by Crippen LogP contribution is -2.05. The minimum absolute atomic E-state index is 0.237. The number of carbonyl (C=O) groups is 1. The number of hydrogen-bond acceptors (Lipinski definition) is 3. The van der Waals surface area contributed by atoms with E-state index in [-0.39, 0.29) is 5.97 Å². The zero-order chi connectivity index (χ0) is 18.6. The number of ether oxygens (including phenoxy) is 1. The Kier molecular flexibility index (Phi) is 4.71. The minimum Gasteiger partial charge on any atom is -0.427 e. The SMILES string of the molecule is CCC(=O)Oc1ccc(-c2nc3ccccc3n2Cc2ccccc2)cc1. The molecule has 3 aromatic carbocycles. The van der Waals surface area contributed by atoms with Gasteiger partial charge >= 0.3 is 5.97 Å². The summed E-state index contributed by atoms with van der Waals surface area (Å²) in [6, 6.07) is 26.0. The van der Waals surface area contributed by atoms with Crippen LogP contribution < -0.4 is 4.74 Å². The number of carbonyl (C=O) groups excluding carboxylic acids is 1. The van der Waals surface area contributed by atoms with Gasteiger partial charge in [0.25, 0.3) is 0 Å². The molecule has 4 heteroatoms. The largest absolute Gasteiger partial charge is 0.427 e. The van der Waals surface area contributed by atoms with E-state index in [2.05, 4.69) is 22.8 Å². The number of rotatable bonds is 5. The smallest absolute Gasteiger partial charge is 0.310 e. The van der Waals surface area contributed by atoms with Gasteiger partial charge in [-0.1, -0.05) is 49.4 Å². The maximum atomic E-state index is 11.5. The van der Waals surface area contributed by atoms with E-state index in [4.69, 9.17) is 9.72 Å². The summed E-state index contributed by atoms with van der Waals surface area (Å²) < 4.78 is 7.49. The average molecular weight is 356 g/mol. The summed E-state index contributed by atoms with van der Waals surface area (Å²) >= 11 is 0. The van der Waals surface area contributed by atoms with Gasteiger partial charge in [0.2, 0.25) is 0 Å². The second kappa shape index (κ2) is 7.46. The second-order valence-corrected chi connectivity index (χ2v) is 6.35. The van der Waals surface area contributed by atoms with Gasteiger partial charge in [-0.05, 0) is 42.0 Å². The number of hydrogen-bond donors (Lipinski definition) is 0. The van der Waals surface area contributed by atoms with Crippen molar-refractivity contribution in [2.45, 2.75) is 19.9 Å². The van der Waals surface area contributed by atoms with Crippen LogP contribution in [0.1, 0.15) is 18.9 Å². The molecular formula is C23H20N2O2. The zero-order valence-electron chi connectivity index (χ0n) is 15.1. The van der Waals surface area contributed by atoms with E-state index in [1.54, 1.807) is 6.92 Å². The Hall–Kier alpha value is -3.40. The highest BCUT2D eigenvalue weighted by atomic mass is 16.5. The molecule has 0 radical (unpaired) electrons. The number of imidazole rings is 1. The van der Waals surface area contributed by atoms with Crippen LogP contribution in [0.15, 0.2) is 78.9 Å². The monoisotopic (exact) mass is 356 g/mol. The molecule has 4 nitrogen and oxygen atoms in total. The fourth-order valence-electron chi connectivity index (χ4n) is 3.10. The summed E-state index contributed by atoms with van der Waals surface area (Å²) in [5.41, 5.74) is 4.26. The van der Waals surface area contributed by atoms with Crippen LogP contribution in [-0.4, -0.2) is 15.5 Å². The molecule has 0 saturated heterocycles. The van der Waals surface area contributed by atoms with E-state index >= 15 is 0 Å². The number of aromatic nitrogens is 2. The molecule has 0 aliphatic heterocycles. The molecule has 0 bridgehead atoms. The van der Waals surface area contributed by atoms with Crippen LogP contribution in [0.4, 0.5) is 0 Å². The molecule has 1 aromatic heterocycles. The first kappa shape index (κ1) is 17.0. The van der Waals surface area contributed by atoms with E-state index < -0.39 is 0 Å². The first-order chi connectivity index (χ1) is 13.2. The fourth-order valence-corrected chi connectivity index (χ4v) is 3.10. The zero-order valence-corrected chi connectivity index (χ0v) is 15.1. The summed E-state index contributed by atoms with van der Waals surface area (Å²) in [6.07, 6.45) is 0.356. The predicted octanol–water partition coefficient (Wildman–Crippen LogP) is 5.07. The molecule has 4 rings (SSSR count). The van der Waals surface area contributed by atoms with Gasteiger partial charge in [-0.2, -0.15) is 0 Å². The minimum atomic E-state index is -0.237. The molecule has 0 atom stereocenters. The van der Waals surface area contributed by atoms with Gasteiger partial charge in [-0.25, -0.2) is 4.98 Å². The summed E-state index contributed by atoms with van der Waals surface area (Å²) in [6.45, 7) is 2.52. The number of benzene rings is 3. The standard InChI is InChI=1S/C23H20N2O2/c1-2-22(26)27-19-14-12-18(13-15-19)23-24-20-10-6-7-11-21(20)25(23)16-17-8-4-3-5-9-17/h3-15H,2,16H2,1H3. The summed E-state index contributed by atoms with van der Waals surface area (Å²) in [7, 11) is 0. The maximum Gasteiger partial charge on any atom is 0.310 e. The van der Waals surface area contributed by atoms with Crippen molar-refractivity contribution in [3.05, 3.63) is 84.4 Å². The summed E-state index contributed by atoms with van der Waals surface area (Å²) in [5.74, 6) is 1.21. The van der Waals surface area contributed by atoms with Crippen molar-refractivity contribution in [2.24, 2.45) is 0 Å². The molecule has 0 unspecified atom stereocenters. The van der Waals surface area contributed by atoms with E-state index in [1.807, 2.05) is 60.7 Å². The highest BCUT2D eigenvalue weighted by Crippen LogP contribution is 2.27. The first-order valence-corrected chi connectivity index (χ1v) is 9.05. The second-order valence-electron chi connectivity index (χ2n) is 6.35. The summed E-state index contributed by atoms with van der Waals surface area (Å²) in [5, 5.41) is 0. The van der Waals surface area contributed by atoms with Crippen LogP contribution in [0.5, 0.6) is 5.75 Å². The number of para-hydroxylation sites is 2. The lowest BCUT2D eigenvalue weighted by molar-refractivity contribution is -0.134. The van der Waals surface area contributed by atoms with Crippen LogP contribution in [0.3, 0.4) is 0 Å². The van der Waals surface area contributed by atoms with Crippen LogP contribution in [-0.2, 0) is 11.3 Å². The van der Waals surface area contributed by atoms with Gasteiger partial charge in [0.1, 0.15) is 11.6 Å². The molecule has 0 aliphatic carbocycles. The van der Waals surface area contributed by atoms with Crippen molar-refractivity contribution in [3.8, 4) is 17.1 Å². The number of esters is 1. The molecule has 0 N–H and O–H groups in total. The van der Waals surface area contributed by atoms with Gasteiger partial charge in [-0.3, -0.25) is 4.79 Å². The van der Waals surface area contributed by atoms with Crippen molar-refractivity contribution in [1.82, 2.24) is 9.55 Å². The first-order valence-electron chi connectivity index (χ1n) is 9.05. The topological polar surface area (TPSA) is 44.1 Å². The summed E-state index contributed by atoms with van der Waals surface area (Å²) in [4.78, 5) is 16.3. The normalized spacial score (nSPS) is 10.9. The van der Waals surface area contributed by atoms with Crippen molar-refractivity contribution in [1.29, 1.82) is 0 Å². The van der Waals surface area contributed by atoms with E-state index in [9.17, 15) is 4.79 Å². The Morgan fingerprint density at radius 2 is 1.63 bits per heavy atom.